The van der Waals surface area contributed by atoms with Crippen molar-refractivity contribution in [3.63, 3.8) is 0 Å². The fraction of sp³-hybridized carbons (Fsp3) is 0.455. The first-order valence-electron chi connectivity index (χ1n) is 4.99. The average molecular weight is 221 g/mol. The number of aromatic nitrogens is 2. The Morgan fingerprint density at radius 2 is 2.00 bits per heavy atom. The Bertz CT molecular complexity index is 382. The van der Waals surface area contributed by atoms with Crippen LogP contribution in [0.1, 0.15) is 31.1 Å². The molecule has 1 N–H and O–H groups in total. The van der Waals surface area contributed by atoms with Crippen LogP contribution in [0.25, 0.3) is 0 Å². The number of nitrogens with one attached hydrogen (secondary N) is 1. The number of carbonyl (C=O) groups is 2. The van der Waals surface area contributed by atoms with Gasteiger partial charge in [-0.2, -0.15) is 10.2 Å². The van der Waals surface area contributed by atoms with Crippen molar-refractivity contribution in [2.45, 2.75) is 20.8 Å². The van der Waals surface area contributed by atoms with Gasteiger partial charge in [-0.05, 0) is 6.07 Å². The van der Waals surface area contributed by atoms with Gasteiger partial charge in [0.15, 0.2) is 5.78 Å². The third-order valence-corrected chi connectivity index (χ3v) is 2.09. The van der Waals surface area contributed by atoms with Crippen LogP contribution < -0.4 is 5.32 Å². The summed E-state index contributed by atoms with van der Waals surface area (Å²) < 4.78 is 0. The van der Waals surface area contributed by atoms with Gasteiger partial charge in [-0.25, -0.2) is 0 Å². The lowest BCUT2D eigenvalue weighted by Crippen LogP contribution is -2.35. The molecule has 1 aromatic rings. The van der Waals surface area contributed by atoms with E-state index in [0.717, 1.165) is 0 Å². The molecule has 0 unspecified atom stereocenters. The monoisotopic (exact) mass is 221 g/mol. The zero-order chi connectivity index (χ0) is 12.2. The van der Waals surface area contributed by atoms with E-state index in [1.807, 2.05) is 20.8 Å². The van der Waals surface area contributed by atoms with Gasteiger partial charge in [-0.1, -0.05) is 20.8 Å². The van der Waals surface area contributed by atoms with Crippen molar-refractivity contribution in [3.05, 3.63) is 24.0 Å². The Morgan fingerprint density at radius 3 is 2.50 bits per heavy atom. The molecule has 1 rings (SSSR count). The normalized spacial score (nSPS) is 10.9. The molecule has 0 aliphatic heterocycles. The Hall–Kier alpha value is -1.78. The van der Waals surface area contributed by atoms with Crippen LogP contribution in [0.15, 0.2) is 18.5 Å². The lowest BCUT2D eigenvalue weighted by molar-refractivity contribution is -0.125. The molecule has 0 spiro atoms. The lowest BCUT2D eigenvalue weighted by Gasteiger charge is -2.16. The first-order valence-corrected chi connectivity index (χ1v) is 4.99. The van der Waals surface area contributed by atoms with E-state index in [0.29, 0.717) is 5.56 Å². The van der Waals surface area contributed by atoms with Crippen molar-refractivity contribution in [2.75, 3.05) is 6.54 Å². The summed E-state index contributed by atoms with van der Waals surface area (Å²) in [6.07, 6.45) is 2.79. The highest BCUT2D eigenvalue weighted by Crippen LogP contribution is 2.13. The van der Waals surface area contributed by atoms with E-state index < -0.39 is 5.41 Å². The SMILES string of the molecule is CC(C)(C)C(=O)CNC(=O)c1ccnnc1. The summed E-state index contributed by atoms with van der Waals surface area (Å²) >= 11 is 0. The molecule has 1 aromatic heterocycles. The third-order valence-electron chi connectivity index (χ3n) is 2.09. The number of hydrogen-bond donors (Lipinski definition) is 1. The molecule has 0 aromatic carbocycles. The second-order valence-corrected chi connectivity index (χ2v) is 4.49. The van der Waals surface area contributed by atoms with Gasteiger partial charge in [-0.15, -0.1) is 0 Å². The number of amides is 1. The lowest BCUT2D eigenvalue weighted by atomic mass is 9.91. The Kier molecular flexibility index (Phi) is 3.71. The molecule has 1 heterocycles. The van der Waals surface area contributed by atoms with Crippen molar-refractivity contribution in [1.82, 2.24) is 15.5 Å². The maximum absolute atomic E-state index is 11.6. The number of ketones is 1. The molecule has 0 saturated heterocycles. The minimum atomic E-state index is -0.441. The summed E-state index contributed by atoms with van der Waals surface area (Å²) in [6.45, 7) is 5.48. The fourth-order valence-electron chi connectivity index (χ4n) is 0.953. The molecule has 0 saturated carbocycles. The molecule has 1 amide bonds. The summed E-state index contributed by atoms with van der Waals surface area (Å²) in [6, 6.07) is 1.55. The maximum atomic E-state index is 11.6. The van der Waals surface area contributed by atoms with Crippen molar-refractivity contribution >= 4 is 11.7 Å². The molecular weight excluding hydrogens is 206 g/mol. The van der Waals surface area contributed by atoms with Gasteiger partial charge in [0.05, 0.1) is 24.5 Å². The molecule has 0 aliphatic carbocycles. The van der Waals surface area contributed by atoms with Gasteiger partial charge in [0, 0.05) is 5.41 Å². The molecule has 86 valence electrons. The van der Waals surface area contributed by atoms with E-state index >= 15 is 0 Å². The molecule has 5 nitrogen and oxygen atoms in total. The highest BCUT2D eigenvalue weighted by molar-refractivity contribution is 5.97. The molecule has 0 atom stereocenters. The zero-order valence-electron chi connectivity index (χ0n) is 9.65. The first kappa shape index (κ1) is 12.3. The summed E-state index contributed by atoms with van der Waals surface area (Å²) in [5.41, 5.74) is -0.0410. The Labute approximate surface area is 94.3 Å². The van der Waals surface area contributed by atoms with E-state index in [1.165, 1.54) is 12.4 Å². The van der Waals surface area contributed by atoms with Gasteiger partial charge in [0.2, 0.25) is 0 Å². The van der Waals surface area contributed by atoms with Crippen LogP contribution >= 0.6 is 0 Å². The van der Waals surface area contributed by atoms with E-state index in [-0.39, 0.29) is 18.2 Å². The molecule has 0 aliphatic rings. The summed E-state index contributed by atoms with van der Waals surface area (Å²) in [5.74, 6) is -0.324. The average Bonchev–Trinajstić information content (AvgIpc) is 2.25. The van der Waals surface area contributed by atoms with Crippen LogP contribution in [-0.4, -0.2) is 28.4 Å². The van der Waals surface area contributed by atoms with Gasteiger partial charge in [-0.3, -0.25) is 9.59 Å². The number of rotatable bonds is 3. The fourth-order valence-corrected chi connectivity index (χ4v) is 0.953. The molecule has 16 heavy (non-hydrogen) atoms. The minimum absolute atomic E-state index is 0.0112. The zero-order valence-corrected chi connectivity index (χ0v) is 9.65. The minimum Gasteiger partial charge on any atom is -0.345 e. The number of carbonyl (C=O) groups excluding carboxylic acids is 2. The third kappa shape index (κ3) is 3.42. The predicted octanol–water partition coefficient (Wildman–Crippen LogP) is 0.822. The van der Waals surface area contributed by atoms with Gasteiger partial charge in [0.25, 0.3) is 5.91 Å². The quantitative estimate of drug-likeness (QED) is 0.820. The molecular formula is C11H15N3O2. The van der Waals surface area contributed by atoms with Crippen LogP contribution in [0, 0.1) is 5.41 Å². The highest BCUT2D eigenvalue weighted by atomic mass is 16.2. The van der Waals surface area contributed by atoms with Crippen LogP contribution in [0.5, 0.6) is 0 Å². The number of nitrogens with zero attached hydrogens (tertiary/aromatic N) is 2. The molecule has 5 heteroatoms. The van der Waals surface area contributed by atoms with E-state index in [4.69, 9.17) is 0 Å². The molecule has 0 fully saturated rings. The van der Waals surface area contributed by atoms with Crippen LogP contribution in [-0.2, 0) is 4.79 Å². The Morgan fingerprint density at radius 1 is 1.31 bits per heavy atom. The van der Waals surface area contributed by atoms with Crippen LogP contribution in [0.3, 0.4) is 0 Å². The molecule has 0 radical (unpaired) electrons. The second-order valence-electron chi connectivity index (χ2n) is 4.49. The largest absolute Gasteiger partial charge is 0.345 e. The summed E-state index contributed by atoms with van der Waals surface area (Å²) in [4.78, 5) is 23.1. The van der Waals surface area contributed by atoms with E-state index in [2.05, 4.69) is 15.5 Å². The van der Waals surface area contributed by atoms with Crippen molar-refractivity contribution in [1.29, 1.82) is 0 Å². The maximum Gasteiger partial charge on any atom is 0.253 e. The van der Waals surface area contributed by atoms with Gasteiger partial charge in [0.1, 0.15) is 0 Å². The van der Waals surface area contributed by atoms with Crippen LogP contribution in [0.4, 0.5) is 0 Å². The van der Waals surface area contributed by atoms with Gasteiger partial charge >= 0.3 is 0 Å². The second kappa shape index (κ2) is 4.83. The van der Waals surface area contributed by atoms with Crippen molar-refractivity contribution < 1.29 is 9.59 Å². The standard InChI is InChI=1S/C11H15N3O2/c1-11(2,3)9(15)7-12-10(16)8-4-5-13-14-6-8/h4-6H,7H2,1-3H3,(H,12,16). The number of hydrogen-bond acceptors (Lipinski definition) is 4. The highest BCUT2D eigenvalue weighted by Gasteiger charge is 2.21. The van der Waals surface area contributed by atoms with Crippen LogP contribution in [0.2, 0.25) is 0 Å². The number of Topliss-reactive ketones (excluding diaryl/α,β-unsaturated/α-hetero) is 1. The van der Waals surface area contributed by atoms with Crippen molar-refractivity contribution in [2.24, 2.45) is 5.41 Å². The Balaban J connectivity index is 2.52. The van der Waals surface area contributed by atoms with E-state index in [1.54, 1.807) is 6.07 Å². The predicted molar refractivity (Wildman–Crippen MR) is 58.8 cm³/mol. The van der Waals surface area contributed by atoms with Gasteiger partial charge < -0.3 is 5.32 Å². The van der Waals surface area contributed by atoms with E-state index in [9.17, 15) is 9.59 Å². The summed E-state index contributed by atoms with van der Waals surface area (Å²) in [5, 5.41) is 9.70. The first-order chi connectivity index (χ1) is 7.41. The smallest absolute Gasteiger partial charge is 0.253 e. The topological polar surface area (TPSA) is 72.0 Å². The van der Waals surface area contributed by atoms with Crippen molar-refractivity contribution in [3.8, 4) is 0 Å². The summed E-state index contributed by atoms with van der Waals surface area (Å²) in [7, 11) is 0. The molecule has 0 bridgehead atoms.